The number of carbonyl (C=O) groups is 1. The molecule has 0 radical (unpaired) electrons. The lowest BCUT2D eigenvalue weighted by Gasteiger charge is -1.89. The minimum Gasteiger partial charge on any atom is -0.313 e. The number of carbonyl (C=O) groups excluding carboxylic acids is 1. The Balaban J connectivity index is 3.80. The number of hydrogen-bond donors (Lipinski definition) is 1. The van der Waals surface area contributed by atoms with Crippen molar-refractivity contribution in [1.82, 2.24) is 5.43 Å². The van der Waals surface area contributed by atoms with Crippen molar-refractivity contribution in [3.05, 3.63) is 0 Å². The molecule has 0 spiro atoms. The lowest BCUT2D eigenvalue weighted by atomic mass is 10.3. The first-order valence-electron chi connectivity index (χ1n) is 2.40. The van der Waals surface area contributed by atoms with Crippen LogP contribution >= 0.6 is 0 Å². The van der Waals surface area contributed by atoms with E-state index in [1.54, 1.807) is 14.0 Å². The van der Waals surface area contributed by atoms with E-state index in [9.17, 15) is 4.79 Å². The third kappa shape index (κ3) is 2.34. The highest BCUT2D eigenvalue weighted by Gasteiger charge is 1.93. The standard InChI is InChI=1S/C5H10N2O/c1-4(5(2)8)7-6-3/h6H,1-3H3/b7-4+. The number of hydrazone groups is 1. The number of hydrogen-bond acceptors (Lipinski definition) is 3. The fraction of sp³-hybridized carbons (Fsp3) is 0.600. The molecule has 0 bridgehead atoms. The molecule has 0 aromatic carbocycles. The van der Waals surface area contributed by atoms with Gasteiger partial charge in [-0.15, -0.1) is 0 Å². The minimum atomic E-state index is -0.000602. The molecule has 0 aliphatic rings. The zero-order valence-electron chi connectivity index (χ0n) is 5.36. The van der Waals surface area contributed by atoms with Gasteiger partial charge in [-0.3, -0.25) is 4.79 Å². The zero-order valence-corrected chi connectivity index (χ0v) is 5.36. The van der Waals surface area contributed by atoms with Crippen LogP contribution in [-0.4, -0.2) is 18.5 Å². The summed E-state index contributed by atoms with van der Waals surface area (Å²) >= 11 is 0. The highest BCUT2D eigenvalue weighted by Crippen LogP contribution is 1.74. The van der Waals surface area contributed by atoms with Gasteiger partial charge in [-0.25, -0.2) is 0 Å². The second kappa shape index (κ2) is 3.18. The number of rotatable bonds is 2. The first-order valence-corrected chi connectivity index (χ1v) is 2.40. The number of ketones is 1. The molecule has 0 aliphatic carbocycles. The van der Waals surface area contributed by atoms with Gasteiger partial charge in [-0.1, -0.05) is 0 Å². The van der Waals surface area contributed by atoms with Crippen molar-refractivity contribution in [3.8, 4) is 0 Å². The molecule has 0 fully saturated rings. The summed E-state index contributed by atoms with van der Waals surface area (Å²) < 4.78 is 0. The molecule has 0 unspecified atom stereocenters. The lowest BCUT2D eigenvalue weighted by Crippen LogP contribution is -2.09. The first-order chi connectivity index (χ1) is 3.68. The van der Waals surface area contributed by atoms with Crippen molar-refractivity contribution in [2.75, 3.05) is 7.05 Å². The molecule has 0 aromatic heterocycles. The van der Waals surface area contributed by atoms with Gasteiger partial charge in [0.2, 0.25) is 0 Å². The maximum absolute atomic E-state index is 10.4. The Morgan fingerprint density at radius 3 is 2.12 bits per heavy atom. The molecule has 3 nitrogen and oxygen atoms in total. The monoisotopic (exact) mass is 114 g/mol. The summed E-state index contributed by atoms with van der Waals surface area (Å²) in [5.41, 5.74) is 3.02. The normalized spacial score (nSPS) is 11.1. The third-order valence-corrected chi connectivity index (χ3v) is 0.789. The summed E-state index contributed by atoms with van der Waals surface area (Å²) in [6.45, 7) is 3.15. The van der Waals surface area contributed by atoms with E-state index in [0.717, 1.165) is 0 Å². The Bertz CT molecular complexity index is 118. The van der Waals surface area contributed by atoms with Gasteiger partial charge in [-0.2, -0.15) is 5.10 Å². The van der Waals surface area contributed by atoms with Gasteiger partial charge in [-0.05, 0) is 6.92 Å². The van der Waals surface area contributed by atoms with Gasteiger partial charge in [0, 0.05) is 14.0 Å². The highest BCUT2D eigenvalue weighted by atomic mass is 16.1. The largest absolute Gasteiger partial charge is 0.313 e. The van der Waals surface area contributed by atoms with Crippen LogP contribution in [0.15, 0.2) is 5.10 Å². The molecule has 8 heavy (non-hydrogen) atoms. The maximum atomic E-state index is 10.4. The Morgan fingerprint density at radius 1 is 1.50 bits per heavy atom. The van der Waals surface area contributed by atoms with Crippen LogP contribution in [0.4, 0.5) is 0 Å². The van der Waals surface area contributed by atoms with E-state index in [1.165, 1.54) is 6.92 Å². The van der Waals surface area contributed by atoms with Gasteiger partial charge in [0.1, 0.15) is 0 Å². The summed E-state index contributed by atoms with van der Waals surface area (Å²) in [6, 6.07) is 0. The second-order valence-electron chi connectivity index (χ2n) is 1.48. The molecule has 0 rings (SSSR count). The van der Waals surface area contributed by atoms with Crippen LogP contribution in [0.1, 0.15) is 13.8 Å². The molecule has 0 amide bonds. The van der Waals surface area contributed by atoms with Crippen molar-refractivity contribution >= 4 is 11.5 Å². The quantitative estimate of drug-likeness (QED) is 0.410. The Kier molecular flexibility index (Phi) is 2.84. The van der Waals surface area contributed by atoms with Crippen LogP contribution in [0, 0.1) is 0 Å². The smallest absolute Gasteiger partial charge is 0.175 e. The summed E-state index contributed by atoms with van der Waals surface area (Å²) in [4.78, 5) is 10.4. The third-order valence-electron chi connectivity index (χ3n) is 0.789. The molecular weight excluding hydrogens is 104 g/mol. The molecule has 0 atom stereocenters. The molecular formula is C5H10N2O. The summed E-state index contributed by atoms with van der Waals surface area (Å²) in [5.74, 6) is -0.000602. The van der Waals surface area contributed by atoms with Crippen molar-refractivity contribution in [1.29, 1.82) is 0 Å². The van der Waals surface area contributed by atoms with Crippen LogP contribution in [0.3, 0.4) is 0 Å². The minimum absolute atomic E-state index is 0.000602. The second-order valence-corrected chi connectivity index (χ2v) is 1.48. The van der Waals surface area contributed by atoms with Crippen LogP contribution in [0.25, 0.3) is 0 Å². The number of nitrogens with zero attached hydrogens (tertiary/aromatic N) is 1. The Hall–Kier alpha value is -0.860. The van der Waals surface area contributed by atoms with Crippen molar-refractivity contribution in [3.63, 3.8) is 0 Å². The highest BCUT2D eigenvalue weighted by molar-refractivity contribution is 6.37. The average Bonchev–Trinajstić information content (AvgIpc) is 1.67. The Labute approximate surface area is 48.8 Å². The van der Waals surface area contributed by atoms with Crippen molar-refractivity contribution < 1.29 is 4.79 Å². The molecule has 0 aromatic rings. The van der Waals surface area contributed by atoms with Gasteiger partial charge in [0.15, 0.2) is 5.78 Å². The SMILES string of the molecule is CN/N=C(\C)C(C)=O. The van der Waals surface area contributed by atoms with Gasteiger partial charge in [0.25, 0.3) is 0 Å². The topological polar surface area (TPSA) is 41.5 Å². The van der Waals surface area contributed by atoms with Crippen molar-refractivity contribution in [2.45, 2.75) is 13.8 Å². The van der Waals surface area contributed by atoms with Crippen LogP contribution in [0.5, 0.6) is 0 Å². The zero-order chi connectivity index (χ0) is 6.57. The molecule has 0 aliphatic heterocycles. The van der Waals surface area contributed by atoms with Gasteiger partial charge in [0.05, 0.1) is 5.71 Å². The van der Waals surface area contributed by atoms with E-state index in [-0.39, 0.29) is 5.78 Å². The van der Waals surface area contributed by atoms with E-state index in [1.807, 2.05) is 0 Å². The average molecular weight is 114 g/mol. The van der Waals surface area contributed by atoms with E-state index >= 15 is 0 Å². The lowest BCUT2D eigenvalue weighted by molar-refractivity contribution is -0.111. The van der Waals surface area contributed by atoms with Gasteiger partial charge < -0.3 is 5.43 Å². The number of nitrogens with one attached hydrogen (secondary N) is 1. The van der Waals surface area contributed by atoms with E-state index in [0.29, 0.717) is 5.71 Å². The summed E-state index contributed by atoms with van der Waals surface area (Å²) in [7, 11) is 1.66. The molecule has 0 heterocycles. The molecule has 0 saturated heterocycles. The van der Waals surface area contributed by atoms with E-state index in [4.69, 9.17) is 0 Å². The predicted octanol–water partition coefficient (Wildman–Crippen LogP) is 0.171. The molecule has 46 valence electrons. The number of Topliss-reactive ketones (excluding diaryl/α,β-unsaturated/α-hetero) is 1. The first kappa shape index (κ1) is 7.14. The van der Waals surface area contributed by atoms with E-state index < -0.39 is 0 Å². The molecule has 1 N–H and O–H groups in total. The fourth-order valence-corrected chi connectivity index (χ4v) is 0.246. The summed E-state index contributed by atoms with van der Waals surface area (Å²) in [6.07, 6.45) is 0. The van der Waals surface area contributed by atoms with Crippen LogP contribution in [0.2, 0.25) is 0 Å². The van der Waals surface area contributed by atoms with Gasteiger partial charge >= 0.3 is 0 Å². The predicted molar refractivity (Wildman–Crippen MR) is 32.8 cm³/mol. The van der Waals surface area contributed by atoms with Crippen LogP contribution < -0.4 is 5.43 Å². The van der Waals surface area contributed by atoms with Crippen molar-refractivity contribution in [2.24, 2.45) is 5.10 Å². The molecule has 0 saturated carbocycles. The Morgan fingerprint density at radius 2 is 2.00 bits per heavy atom. The van der Waals surface area contributed by atoms with Crippen LogP contribution in [-0.2, 0) is 4.79 Å². The van der Waals surface area contributed by atoms with E-state index in [2.05, 4.69) is 10.5 Å². The maximum Gasteiger partial charge on any atom is 0.175 e. The fourth-order valence-electron chi connectivity index (χ4n) is 0.246. The summed E-state index contributed by atoms with van der Waals surface area (Å²) in [5, 5.41) is 3.64. The molecule has 3 heteroatoms.